The number of carbonyl (C=O) groups excluding carboxylic acids is 1. The van der Waals surface area contributed by atoms with Crippen molar-refractivity contribution in [1.82, 2.24) is 0 Å². The highest BCUT2D eigenvalue weighted by Gasteiger charge is 2.21. The normalized spacial score (nSPS) is 17.5. The van der Waals surface area contributed by atoms with E-state index in [0.29, 0.717) is 17.9 Å². The van der Waals surface area contributed by atoms with Gasteiger partial charge in [0.05, 0.1) is 0 Å². The fraction of sp³-hybridized carbons (Fsp3) is 0.167. The molecule has 3 nitrogen and oxygen atoms in total. The van der Waals surface area contributed by atoms with Crippen LogP contribution < -0.4 is 0 Å². The summed E-state index contributed by atoms with van der Waals surface area (Å²) < 4.78 is 17.8. The van der Waals surface area contributed by atoms with Crippen molar-refractivity contribution in [2.75, 3.05) is 0 Å². The van der Waals surface area contributed by atoms with Gasteiger partial charge in [0.25, 0.3) is 0 Å². The molecule has 1 aliphatic heterocycles. The molecule has 16 heavy (non-hydrogen) atoms. The number of hydrogen-bond acceptors (Lipinski definition) is 3. The molecule has 0 radical (unpaired) electrons. The van der Waals surface area contributed by atoms with Gasteiger partial charge in [0, 0.05) is 6.42 Å². The molecule has 2 rings (SSSR count). The minimum Gasteiger partial charge on any atom is -0.407 e. The molecule has 0 fully saturated rings. The van der Waals surface area contributed by atoms with E-state index in [1.165, 1.54) is 18.2 Å². The first-order chi connectivity index (χ1) is 7.69. The fourth-order valence-corrected chi connectivity index (χ4v) is 1.36. The van der Waals surface area contributed by atoms with Crippen molar-refractivity contribution in [3.05, 3.63) is 41.3 Å². The molecule has 0 unspecified atom stereocenters. The largest absolute Gasteiger partial charge is 0.407 e. The van der Waals surface area contributed by atoms with Gasteiger partial charge >= 0.3 is 5.97 Å². The van der Waals surface area contributed by atoms with Crippen LogP contribution in [0.3, 0.4) is 0 Å². The minimum atomic E-state index is -0.485. The zero-order valence-corrected chi connectivity index (χ0v) is 8.74. The first-order valence-electron chi connectivity index (χ1n) is 4.96. The third-order valence-electron chi connectivity index (χ3n) is 2.12. The standard InChI is InChI=1S/C12H10FNO2/c1-2-11-14-10(12(15)16-11)7-8-4-3-5-9(13)6-8/h3-7H,2H2,1H3/b10-7+. The maximum Gasteiger partial charge on any atom is 0.363 e. The molecule has 1 aromatic rings. The molecule has 0 spiro atoms. The molecule has 0 saturated heterocycles. The Kier molecular flexibility index (Phi) is 2.81. The van der Waals surface area contributed by atoms with Gasteiger partial charge in [-0.05, 0) is 23.8 Å². The lowest BCUT2D eigenvalue weighted by Crippen LogP contribution is -2.02. The lowest BCUT2D eigenvalue weighted by molar-refractivity contribution is -0.130. The summed E-state index contributed by atoms with van der Waals surface area (Å²) >= 11 is 0. The summed E-state index contributed by atoms with van der Waals surface area (Å²) in [6.45, 7) is 1.84. The third-order valence-corrected chi connectivity index (χ3v) is 2.12. The summed E-state index contributed by atoms with van der Waals surface area (Å²) in [6.07, 6.45) is 2.07. The van der Waals surface area contributed by atoms with E-state index in [-0.39, 0.29) is 11.5 Å². The average molecular weight is 219 g/mol. The van der Waals surface area contributed by atoms with E-state index in [1.54, 1.807) is 12.1 Å². The lowest BCUT2D eigenvalue weighted by Gasteiger charge is -1.94. The topological polar surface area (TPSA) is 38.7 Å². The number of carbonyl (C=O) groups is 1. The summed E-state index contributed by atoms with van der Waals surface area (Å²) in [5.41, 5.74) is 0.801. The maximum atomic E-state index is 12.9. The highest BCUT2D eigenvalue weighted by molar-refractivity contribution is 6.07. The number of nitrogens with zero attached hydrogens (tertiary/aromatic N) is 1. The number of cyclic esters (lactones) is 1. The number of halogens is 1. The predicted molar refractivity (Wildman–Crippen MR) is 58.2 cm³/mol. The Morgan fingerprint density at radius 1 is 1.50 bits per heavy atom. The van der Waals surface area contributed by atoms with Crippen molar-refractivity contribution < 1.29 is 13.9 Å². The van der Waals surface area contributed by atoms with Gasteiger partial charge in [-0.3, -0.25) is 0 Å². The first kappa shape index (κ1) is 10.5. The quantitative estimate of drug-likeness (QED) is 0.566. The van der Waals surface area contributed by atoms with Gasteiger partial charge in [0.2, 0.25) is 0 Å². The molecule has 1 heterocycles. The lowest BCUT2D eigenvalue weighted by atomic mass is 10.2. The Morgan fingerprint density at radius 2 is 2.31 bits per heavy atom. The molecular weight excluding hydrogens is 209 g/mol. The Hall–Kier alpha value is -1.97. The molecule has 0 bridgehead atoms. The van der Waals surface area contributed by atoms with Crippen molar-refractivity contribution in [3.63, 3.8) is 0 Å². The van der Waals surface area contributed by atoms with Crippen molar-refractivity contribution in [3.8, 4) is 0 Å². The van der Waals surface area contributed by atoms with Crippen LogP contribution in [0.4, 0.5) is 4.39 Å². The van der Waals surface area contributed by atoms with Crippen LogP contribution in [0.15, 0.2) is 35.0 Å². The van der Waals surface area contributed by atoms with Crippen LogP contribution in [0.2, 0.25) is 0 Å². The Labute approximate surface area is 92.3 Å². The summed E-state index contributed by atoms with van der Waals surface area (Å²) in [5, 5.41) is 0. The van der Waals surface area contributed by atoms with E-state index >= 15 is 0 Å². The van der Waals surface area contributed by atoms with E-state index < -0.39 is 5.97 Å². The number of hydrogen-bond donors (Lipinski definition) is 0. The van der Waals surface area contributed by atoms with Gasteiger partial charge < -0.3 is 4.74 Å². The van der Waals surface area contributed by atoms with Gasteiger partial charge in [0.1, 0.15) is 5.82 Å². The van der Waals surface area contributed by atoms with Gasteiger partial charge in [-0.15, -0.1) is 0 Å². The first-order valence-corrected chi connectivity index (χ1v) is 4.96. The minimum absolute atomic E-state index is 0.211. The number of aliphatic imine (C=N–C) groups is 1. The molecule has 4 heteroatoms. The monoisotopic (exact) mass is 219 g/mol. The van der Waals surface area contributed by atoms with Gasteiger partial charge in [-0.1, -0.05) is 19.1 Å². The molecule has 0 aliphatic carbocycles. The molecule has 0 atom stereocenters. The zero-order chi connectivity index (χ0) is 11.5. The molecule has 0 amide bonds. The highest BCUT2D eigenvalue weighted by atomic mass is 19.1. The van der Waals surface area contributed by atoms with Crippen molar-refractivity contribution >= 4 is 17.9 Å². The summed E-state index contributed by atoms with van der Waals surface area (Å²) in [4.78, 5) is 15.3. The third kappa shape index (κ3) is 2.16. The average Bonchev–Trinajstić information content (AvgIpc) is 2.60. The van der Waals surface area contributed by atoms with E-state index in [4.69, 9.17) is 4.74 Å². The van der Waals surface area contributed by atoms with Gasteiger partial charge in [-0.2, -0.15) is 0 Å². The van der Waals surface area contributed by atoms with Crippen molar-refractivity contribution in [2.45, 2.75) is 13.3 Å². The van der Waals surface area contributed by atoms with Crippen LogP contribution in [-0.4, -0.2) is 11.9 Å². The van der Waals surface area contributed by atoms with E-state index in [9.17, 15) is 9.18 Å². The van der Waals surface area contributed by atoms with Crippen LogP contribution in [-0.2, 0) is 9.53 Å². The SMILES string of the molecule is CCC1=N/C(=C/c2cccc(F)c2)C(=O)O1. The Bertz CT molecular complexity index is 492. The van der Waals surface area contributed by atoms with Crippen LogP contribution in [0.1, 0.15) is 18.9 Å². The molecule has 0 saturated carbocycles. The Balaban J connectivity index is 2.31. The smallest absolute Gasteiger partial charge is 0.363 e. The fourth-order valence-electron chi connectivity index (χ4n) is 1.36. The predicted octanol–water partition coefficient (Wildman–Crippen LogP) is 2.53. The summed E-state index contributed by atoms with van der Waals surface area (Å²) in [6, 6.07) is 5.95. The van der Waals surface area contributed by atoms with Gasteiger partial charge in [-0.25, -0.2) is 14.2 Å². The second-order valence-electron chi connectivity index (χ2n) is 3.33. The van der Waals surface area contributed by atoms with E-state index in [1.807, 2.05) is 6.92 Å². The molecule has 0 N–H and O–H groups in total. The van der Waals surface area contributed by atoms with Crippen LogP contribution in [0.5, 0.6) is 0 Å². The summed E-state index contributed by atoms with van der Waals surface area (Å²) in [7, 11) is 0. The second-order valence-corrected chi connectivity index (χ2v) is 3.33. The molecule has 1 aromatic carbocycles. The van der Waals surface area contributed by atoms with Crippen LogP contribution in [0.25, 0.3) is 6.08 Å². The maximum absolute atomic E-state index is 12.9. The second kappa shape index (κ2) is 4.26. The molecule has 1 aliphatic rings. The number of ether oxygens (including phenoxy) is 1. The number of esters is 1. The molecule has 0 aromatic heterocycles. The number of rotatable bonds is 2. The van der Waals surface area contributed by atoms with Crippen LogP contribution in [0, 0.1) is 5.82 Å². The van der Waals surface area contributed by atoms with E-state index in [2.05, 4.69) is 4.99 Å². The van der Waals surface area contributed by atoms with Gasteiger partial charge in [0.15, 0.2) is 11.6 Å². The highest BCUT2D eigenvalue weighted by Crippen LogP contribution is 2.16. The van der Waals surface area contributed by atoms with Crippen molar-refractivity contribution in [1.29, 1.82) is 0 Å². The molecule has 82 valence electrons. The number of benzene rings is 1. The Morgan fingerprint density at radius 3 is 2.94 bits per heavy atom. The van der Waals surface area contributed by atoms with Crippen LogP contribution >= 0.6 is 0 Å². The van der Waals surface area contributed by atoms with Crippen molar-refractivity contribution in [2.24, 2.45) is 4.99 Å². The summed E-state index contributed by atoms with van der Waals surface area (Å²) in [5.74, 6) is -0.436. The van der Waals surface area contributed by atoms with E-state index in [0.717, 1.165) is 0 Å². The zero-order valence-electron chi connectivity index (χ0n) is 8.74. The molecular formula is C12H10FNO2.